The monoisotopic (exact) mass is 238 g/mol. The number of hydrogen-bond acceptors (Lipinski definition) is 0. The minimum absolute atomic E-state index is 0.720. The maximum absolute atomic E-state index is 3.83. The van der Waals surface area contributed by atoms with E-state index in [1.165, 1.54) is 5.56 Å². The molecule has 0 N–H and O–H groups in total. The van der Waals surface area contributed by atoms with Gasteiger partial charge >= 0.3 is 0 Å². The molecule has 0 aliphatic carbocycles. The highest BCUT2D eigenvalue weighted by atomic mass is 79.9. The van der Waals surface area contributed by atoms with E-state index >= 15 is 0 Å². The first-order chi connectivity index (χ1) is 6.09. The molecule has 0 heterocycles. The average Bonchev–Trinajstić information content (AvgIpc) is 2.04. The van der Waals surface area contributed by atoms with E-state index < -0.39 is 0 Å². The van der Waals surface area contributed by atoms with Crippen molar-refractivity contribution in [1.29, 1.82) is 0 Å². The van der Waals surface area contributed by atoms with Gasteiger partial charge in [0, 0.05) is 4.48 Å². The molecule has 0 aliphatic rings. The lowest BCUT2D eigenvalue weighted by molar-refractivity contribution is 0.647. The Morgan fingerprint density at radius 1 is 1.31 bits per heavy atom. The minimum Gasteiger partial charge on any atom is -0.0841 e. The molecule has 0 aromatic heterocycles. The molecule has 0 radical (unpaired) electrons. The third-order valence-electron chi connectivity index (χ3n) is 1.91. The number of rotatable bonds is 3. The van der Waals surface area contributed by atoms with Crippen LogP contribution < -0.4 is 0 Å². The largest absolute Gasteiger partial charge is 0.0841 e. The van der Waals surface area contributed by atoms with Crippen molar-refractivity contribution in [3.63, 3.8) is 0 Å². The fourth-order valence-electron chi connectivity index (χ4n) is 1.29. The highest BCUT2D eigenvalue weighted by molar-refractivity contribution is 9.15. The van der Waals surface area contributed by atoms with E-state index in [4.69, 9.17) is 0 Å². The van der Waals surface area contributed by atoms with E-state index in [9.17, 15) is 0 Å². The molecule has 13 heavy (non-hydrogen) atoms. The number of hydrogen-bond donors (Lipinski definition) is 0. The highest BCUT2D eigenvalue weighted by Gasteiger charge is 1.98. The molecule has 1 aromatic rings. The van der Waals surface area contributed by atoms with Crippen LogP contribution in [0, 0.1) is 5.92 Å². The lowest BCUT2D eigenvalue weighted by Gasteiger charge is -2.05. The predicted octanol–water partition coefficient (Wildman–Crippen LogP) is 4.25. The van der Waals surface area contributed by atoms with Crippen LogP contribution in [0.5, 0.6) is 0 Å². The van der Waals surface area contributed by atoms with E-state index in [0.717, 1.165) is 22.4 Å². The van der Waals surface area contributed by atoms with Gasteiger partial charge in [-0.1, -0.05) is 60.6 Å². The van der Waals surface area contributed by atoms with Gasteiger partial charge in [-0.2, -0.15) is 0 Å². The first-order valence-electron chi connectivity index (χ1n) is 4.53. The van der Waals surface area contributed by atoms with E-state index in [0.29, 0.717) is 0 Å². The second-order valence-corrected chi connectivity index (χ2v) is 4.66. The maximum Gasteiger partial charge on any atom is 0.0175 e. The summed E-state index contributed by atoms with van der Waals surface area (Å²) in [7, 11) is 0. The second-order valence-electron chi connectivity index (χ2n) is 3.70. The average molecular weight is 239 g/mol. The fraction of sp³-hybridized carbons (Fsp3) is 0.333. The van der Waals surface area contributed by atoms with Gasteiger partial charge in [0.05, 0.1) is 0 Å². The molecular weight excluding hydrogens is 224 g/mol. The summed E-state index contributed by atoms with van der Waals surface area (Å²) in [5.41, 5.74) is 2.56. The molecule has 0 unspecified atom stereocenters. The molecule has 0 bridgehead atoms. The second kappa shape index (κ2) is 4.61. The van der Waals surface area contributed by atoms with Crippen molar-refractivity contribution in [3.8, 4) is 0 Å². The van der Waals surface area contributed by atoms with Crippen LogP contribution in [-0.2, 0) is 6.42 Å². The molecule has 1 heteroatoms. The molecule has 1 aromatic carbocycles. The SMILES string of the molecule is C=C(Br)c1ccc(CC(C)C)cc1. The Morgan fingerprint density at radius 2 is 1.85 bits per heavy atom. The lowest BCUT2D eigenvalue weighted by atomic mass is 10.0. The van der Waals surface area contributed by atoms with Crippen molar-refractivity contribution in [2.45, 2.75) is 20.3 Å². The van der Waals surface area contributed by atoms with Gasteiger partial charge in [0.1, 0.15) is 0 Å². The Hall–Kier alpha value is -0.560. The summed E-state index contributed by atoms with van der Waals surface area (Å²) >= 11 is 3.36. The van der Waals surface area contributed by atoms with Crippen LogP contribution in [0.3, 0.4) is 0 Å². The van der Waals surface area contributed by atoms with Crippen LogP contribution in [0.25, 0.3) is 4.48 Å². The van der Waals surface area contributed by atoms with E-state index in [2.05, 4.69) is 60.6 Å². The van der Waals surface area contributed by atoms with Crippen LogP contribution >= 0.6 is 15.9 Å². The van der Waals surface area contributed by atoms with Crippen molar-refractivity contribution < 1.29 is 0 Å². The summed E-state index contributed by atoms with van der Waals surface area (Å²) in [6.07, 6.45) is 1.15. The Bertz CT molecular complexity index is 282. The Kier molecular flexibility index (Phi) is 3.73. The molecule has 0 saturated carbocycles. The summed E-state index contributed by atoms with van der Waals surface area (Å²) in [6.45, 7) is 8.30. The summed E-state index contributed by atoms with van der Waals surface area (Å²) in [4.78, 5) is 0. The quantitative estimate of drug-likeness (QED) is 0.739. The van der Waals surface area contributed by atoms with Gasteiger partial charge in [-0.25, -0.2) is 0 Å². The van der Waals surface area contributed by atoms with Gasteiger partial charge in [-0.15, -0.1) is 0 Å². The van der Waals surface area contributed by atoms with Gasteiger partial charge in [-0.05, 0) is 23.5 Å². The Morgan fingerprint density at radius 3 is 2.23 bits per heavy atom. The van der Waals surface area contributed by atoms with Gasteiger partial charge in [0.15, 0.2) is 0 Å². The van der Waals surface area contributed by atoms with Crippen LogP contribution in [0.2, 0.25) is 0 Å². The predicted molar refractivity (Wildman–Crippen MR) is 62.9 cm³/mol. The van der Waals surface area contributed by atoms with Crippen LogP contribution in [0.15, 0.2) is 30.8 Å². The Labute approximate surface area is 88.8 Å². The molecular formula is C12H15Br. The summed E-state index contributed by atoms with van der Waals surface area (Å²) in [6, 6.07) is 8.55. The zero-order chi connectivity index (χ0) is 9.84. The highest BCUT2D eigenvalue weighted by Crippen LogP contribution is 2.19. The first kappa shape index (κ1) is 10.5. The van der Waals surface area contributed by atoms with Gasteiger partial charge in [-0.3, -0.25) is 0 Å². The summed E-state index contributed by atoms with van der Waals surface area (Å²) < 4.78 is 0.948. The van der Waals surface area contributed by atoms with E-state index in [1.54, 1.807) is 0 Å². The van der Waals surface area contributed by atoms with Crippen LogP contribution in [-0.4, -0.2) is 0 Å². The molecule has 0 saturated heterocycles. The molecule has 0 spiro atoms. The minimum atomic E-state index is 0.720. The zero-order valence-corrected chi connectivity index (χ0v) is 9.76. The standard InChI is InChI=1S/C12H15Br/c1-9(2)8-11-4-6-12(7-5-11)10(3)13/h4-7,9H,3,8H2,1-2H3. The maximum atomic E-state index is 3.83. The molecule has 0 atom stereocenters. The van der Waals surface area contributed by atoms with Crippen LogP contribution in [0.4, 0.5) is 0 Å². The Balaban J connectivity index is 2.75. The number of benzene rings is 1. The smallest absolute Gasteiger partial charge is 0.0175 e. The molecule has 1 rings (SSSR count). The van der Waals surface area contributed by atoms with Gasteiger partial charge in [0.2, 0.25) is 0 Å². The van der Waals surface area contributed by atoms with Crippen molar-refractivity contribution in [1.82, 2.24) is 0 Å². The van der Waals surface area contributed by atoms with Crippen molar-refractivity contribution in [2.75, 3.05) is 0 Å². The third kappa shape index (κ3) is 3.35. The first-order valence-corrected chi connectivity index (χ1v) is 5.32. The van der Waals surface area contributed by atoms with E-state index in [-0.39, 0.29) is 0 Å². The molecule has 0 amide bonds. The summed E-state index contributed by atoms with van der Waals surface area (Å²) in [5.74, 6) is 0.720. The molecule has 0 aliphatic heterocycles. The zero-order valence-electron chi connectivity index (χ0n) is 8.18. The van der Waals surface area contributed by atoms with Crippen molar-refractivity contribution in [2.24, 2.45) is 5.92 Å². The van der Waals surface area contributed by atoms with Gasteiger partial charge < -0.3 is 0 Å². The van der Waals surface area contributed by atoms with Crippen molar-refractivity contribution >= 4 is 20.4 Å². The molecule has 0 nitrogen and oxygen atoms in total. The molecule has 0 fully saturated rings. The van der Waals surface area contributed by atoms with Crippen molar-refractivity contribution in [3.05, 3.63) is 42.0 Å². The van der Waals surface area contributed by atoms with Crippen LogP contribution in [0.1, 0.15) is 25.0 Å². The normalized spacial score (nSPS) is 10.5. The lowest BCUT2D eigenvalue weighted by Crippen LogP contribution is -1.93. The molecule has 70 valence electrons. The topological polar surface area (TPSA) is 0 Å². The van der Waals surface area contributed by atoms with Gasteiger partial charge in [0.25, 0.3) is 0 Å². The third-order valence-corrected chi connectivity index (χ3v) is 2.37. The number of halogens is 1. The van der Waals surface area contributed by atoms with E-state index in [1.807, 2.05) is 0 Å². The fourth-order valence-corrected chi connectivity index (χ4v) is 1.56. The summed E-state index contributed by atoms with van der Waals surface area (Å²) in [5, 5.41) is 0.